The number of hydrogen-bond donors (Lipinski definition) is 1. The highest BCUT2D eigenvalue weighted by molar-refractivity contribution is 7.92. The van der Waals surface area contributed by atoms with E-state index in [1.807, 2.05) is 26.0 Å². The largest absolute Gasteiger partial charge is 0.494 e. The van der Waals surface area contributed by atoms with E-state index < -0.39 is 16.1 Å². The summed E-state index contributed by atoms with van der Waals surface area (Å²) >= 11 is 0. The summed E-state index contributed by atoms with van der Waals surface area (Å²) in [6, 6.07) is 14.1. The molecule has 0 aromatic heterocycles. The molecule has 1 atom stereocenters. The van der Waals surface area contributed by atoms with Crippen LogP contribution in [0.25, 0.3) is 0 Å². The summed E-state index contributed by atoms with van der Waals surface area (Å²) in [6.45, 7) is 6.53. The quantitative estimate of drug-likeness (QED) is 0.601. The summed E-state index contributed by atoms with van der Waals surface area (Å²) < 4.78 is 31.2. The summed E-state index contributed by atoms with van der Waals surface area (Å²) in [4.78, 5) is 12.6. The lowest BCUT2D eigenvalue weighted by Crippen LogP contribution is -2.48. The minimum absolute atomic E-state index is 0.325. The van der Waals surface area contributed by atoms with Crippen LogP contribution in [0, 0.1) is 6.92 Å². The van der Waals surface area contributed by atoms with Crippen LogP contribution in [0.1, 0.15) is 31.4 Å². The van der Waals surface area contributed by atoms with Crippen molar-refractivity contribution in [3.63, 3.8) is 0 Å². The molecule has 0 radical (unpaired) electrons. The first-order valence-corrected chi connectivity index (χ1v) is 11.6. The van der Waals surface area contributed by atoms with Gasteiger partial charge < -0.3 is 10.1 Å². The van der Waals surface area contributed by atoms with E-state index in [1.54, 1.807) is 31.2 Å². The molecule has 7 heteroatoms. The SMILES string of the molecule is CCOc1ccc(N([C@@H](C)C(=O)NCCCc2cccc(C)c2)S(C)(=O)=O)cc1. The number of nitrogens with one attached hydrogen (secondary N) is 1. The standard InChI is InChI=1S/C22H30N2O4S/c1-5-28-21-13-11-20(12-14-21)24(29(4,26)27)18(3)22(25)23-15-7-10-19-9-6-8-17(2)16-19/h6,8-9,11-14,16,18H,5,7,10,15H2,1-4H3,(H,23,25)/t18-/m0/s1. The van der Waals surface area contributed by atoms with Crippen molar-refractivity contribution in [1.82, 2.24) is 5.32 Å². The molecule has 0 aliphatic heterocycles. The number of aryl methyl sites for hydroxylation is 2. The third-order valence-electron chi connectivity index (χ3n) is 4.51. The van der Waals surface area contributed by atoms with Gasteiger partial charge in [0.15, 0.2) is 0 Å². The summed E-state index contributed by atoms with van der Waals surface area (Å²) in [5.74, 6) is 0.325. The number of hydrogen-bond acceptors (Lipinski definition) is 4. The molecule has 0 saturated carbocycles. The van der Waals surface area contributed by atoms with E-state index in [0.29, 0.717) is 24.6 Å². The fraction of sp³-hybridized carbons (Fsp3) is 0.409. The first-order valence-electron chi connectivity index (χ1n) is 9.78. The van der Waals surface area contributed by atoms with Crippen LogP contribution in [0.15, 0.2) is 48.5 Å². The van der Waals surface area contributed by atoms with E-state index in [0.717, 1.165) is 23.4 Å². The van der Waals surface area contributed by atoms with Crippen molar-refractivity contribution in [3.8, 4) is 5.75 Å². The van der Waals surface area contributed by atoms with Gasteiger partial charge in [-0.25, -0.2) is 8.42 Å². The number of ether oxygens (including phenoxy) is 1. The summed E-state index contributed by atoms with van der Waals surface area (Å²) in [5.41, 5.74) is 2.86. The van der Waals surface area contributed by atoms with Crippen molar-refractivity contribution in [1.29, 1.82) is 0 Å². The lowest BCUT2D eigenvalue weighted by Gasteiger charge is -2.28. The van der Waals surface area contributed by atoms with Gasteiger partial charge in [-0.05, 0) is 63.4 Å². The molecule has 6 nitrogen and oxygen atoms in total. The fourth-order valence-corrected chi connectivity index (χ4v) is 4.36. The molecule has 0 fully saturated rings. The average molecular weight is 419 g/mol. The smallest absolute Gasteiger partial charge is 0.243 e. The number of benzene rings is 2. The van der Waals surface area contributed by atoms with Crippen molar-refractivity contribution in [3.05, 3.63) is 59.7 Å². The van der Waals surface area contributed by atoms with Crippen molar-refractivity contribution in [2.45, 2.75) is 39.7 Å². The topological polar surface area (TPSA) is 75.7 Å². The van der Waals surface area contributed by atoms with Crippen molar-refractivity contribution in [2.75, 3.05) is 23.7 Å². The zero-order valence-corrected chi connectivity index (χ0v) is 18.3. The predicted molar refractivity (Wildman–Crippen MR) is 117 cm³/mol. The molecule has 29 heavy (non-hydrogen) atoms. The molecular formula is C22H30N2O4S. The van der Waals surface area contributed by atoms with Crippen LogP contribution >= 0.6 is 0 Å². The Morgan fingerprint density at radius 1 is 1.17 bits per heavy atom. The second kappa shape index (κ2) is 10.3. The number of amides is 1. The number of nitrogens with zero attached hydrogens (tertiary/aromatic N) is 1. The summed E-state index contributed by atoms with van der Waals surface area (Å²) in [7, 11) is -3.63. The Morgan fingerprint density at radius 3 is 2.45 bits per heavy atom. The van der Waals surface area contributed by atoms with Gasteiger partial charge >= 0.3 is 0 Å². The van der Waals surface area contributed by atoms with E-state index in [-0.39, 0.29) is 5.91 Å². The van der Waals surface area contributed by atoms with Crippen LogP contribution in [0.5, 0.6) is 5.75 Å². The maximum absolute atomic E-state index is 12.6. The third kappa shape index (κ3) is 6.78. The molecule has 0 aliphatic rings. The van der Waals surface area contributed by atoms with Gasteiger partial charge in [0.05, 0.1) is 18.6 Å². The minimum atomic E-state index is -3.63. The Kier molecular flexibility index (Phi) is 8.08. The van der Waals surface area contributed by atoms with Crippen LogP contribution in [0.4, 0.5) is 5.69 Å². The molecule has 158 valence electrons. The molecule has 0 aliphatic carbocycles. The Bertz CT molecular complexity index is 911. The van der Waals surface area contributed by atoms with Gasteiger partial charge in [-0.15, -0.1) is 0 Å². The molecule has 0 heterocycles. The van der Waals surface area contributed by atoms with E-state index in [4.69, 9.17) is 4.74 Å². The van der Waals surface area contributed by atoms with Gasteiger partial charge in [0, 0.05) is 6.54 Å². The van der Waals surface area contributed by atoms with Gasteiger partial charge in [0.1, 0.15) is 11.8 Å². The Hall–Kier alpha value is -2.54. The molecule has 0 spiro atoms. The van der Waals surface area contributed by atoms with Crippen LogP contribution in [-0.2, 0) is 21.2 Å². The molecule has 0 bridgehead atoms. The fourth-order valence-electron chi connectivity index (χ4n) is 3.18. The molecule has 1 N–H and O–H groups in total. The van der Waals surface area contributed by atoms with Crippen LogP contribution in [-0.4, -0.2) is 39.8 Å². The number of sulfonamides is 1. The highest BCUT2D eigenvalue weighted by Crippen LogP contribution is 2.24. The molecule has 2 aromatic carbocycles. The zero-order valence-electron chi connectivity index (χ0n) is 17.5. The van der Waals surface area contributed by atoms with Gasteiger partial charge in [-0.3, -0.25) is 9.10 Å². The number of anilines is 1. The average Bonchev–Trinajstić information content (AvgIpc) is 2.66. The maximum atomic E-state index is 12.6. The highest BCUT2D eigenvalue weighted by Gasteiger charge is 2.28. The maximum Gasteiger partial charge on any atom is 0.243 e. The zero-order chi connectivity index (χ0) is 21.4. The van der Waals surface area contributed by atoms with Crippen LogP contribution in [0.3, 0.4) is 0 Å². The summed E-state index contributed by atoms with van der Waals surface area (Å²) in [6.07, 6.45) is 2.74. The van der Waals surface area contributed by atoms with Gasteiger partial charge in [-0.1, -0.05) is 29.8 Å². The van der Waals surface area contributed by atoms with Gasteiger partial charge in [0.25, 0.3) is 0 Å². The molecule has 1 amide bonds. The normalized spacial score (nSPS) is 12.3. The molecule has 0 unspecified atom stereocenters. The van der Waals surface area contributed by atoms with E-state index in [1.165, 1.54) is 11.1 Å². The molecular weight excluding hydrogens is 388 g/mol. The number of rotatable bonds is 10. The molecule has 2 aromatic rings. The lowest BCUT2D eigenvalue weighted by atomic mass is 10.1. The minimum Gasteiger partial charge on any atom is -0.494 e. The number of carbonyl (C=O) groups excluding carboxylic acids is 1. The Morgan fingerprint density at radius 2 is 1.86 bits per heavy atom. The van der Waals surface area contributed by atoms with Crippen LogP contribution < -0.4 is 14.4 Å². The monoisotopic (exact) mass is 418 g/mol. The Balaban J connectivity index is 1.99. The summed E-state index contributed by atoms with van der Waals surface area (Å²) in [5, 5.41) is 2.85. The lowest BCUT2D eigenvalue weighted by molar-refractivity contribution is -0.121. The first kappa shape index (κ1) is 22.7. The van der Waals surface area contributed by atoms with Gasteiger partial charge in [0.2, 0.25) is 15.9 Å². The highest BCUT2D eigenvalue weighted by atomic mass is 32.2. The first-order chi connectivity index (χ1) is 13.7. The van der Waals surface area contributed by atoms with Crippen molar-refractivity contribution < 1.29 is 17.9 Å². The molecule has 0 saturated heterocycles. The molecule has 2 rings (SSSR count). The van der Waals surface area contributed by atoms with E-state index >= 15 is 0 Å². The second-order valence-corrected chi connectivity index (χ2v) is 8.90. The number of carbonyl (C=O) groups is 1. The van der Waals surface area contributed by atoms with Crippen molar-refractivity contribution >= 4 is 21.6 Å². The van der Waals surface area contributed by atoms with Gasteiger partial charge in [-0.2, -0.15) is 0 Å². The third-order valence-corrected chi connectivity index (χ3v) is 5.76. The van der Waals surface area contributed by atoms with Crippen molar-refractivity contribution in [2.24, 2.45) is 0 Å². The second-order valence-electron chi connectivity index (χ2n) is 7.05. The van der Waals surface area contributed by atoms with E-state index in [2.05, 4.69) is 17.4 Å². The predicted octanol–water partition coefficient (Wildman–Crippen LogP) is 3.30. The van der Waals surface area contributed by atoms with E-state index in [9.17, 15) is 13.2 Å². The Labute approximate surface area is 173 Å². The van der Waals surface area contributed by atoms with Crippen LogP contribution in [0.2, 0.25) is 0 Å².